The summed E-state index contributed by atoms with van der Waals surface area (Å²) in [5.41, 5.74) is 6.90. The Bertz CT molecular complexity index is 317. The third-order valence-corrected chi connectivity index (χ3v) is 2.17. The molecule has 0 fully saturated rings. The summed E-state index contributed by atoms with van der Waals surface area (Å²) in [6.45, 7) is 2.67. The van der Waals surface area contributed by atoms with E-state index in [1.807, 2.05) is 6.92 Å². The highest BCUT2D eigenvalue weighted by Gasteiger charge is 2.05. The van der Waals surface area contributed by atoms with E-state index in [9.17, 15) is 4.39 Å². The van der Waals surface area contributed by atoms with Crippen LogP contribution in [0.1, 0.15) is 13.3 Å². The smallest absolute Gasteiger partial charge is 0.125 e. The second kappa shape index (κ2) is 5.56. The van der Waals surface area contributed by atoms with Crippen molar-refractivity contribution in [2.75, 3.05) is 24.8 Å². The zero-order chi connectivity index (χ0) is 11.3. The predicted molar refractivity (Wildman–Crippen MR) is 60.4 cm³/mol. The SMILES string of the molecule is COCCC(C)Nc1cc(F)ccc1N. The van der Waals surface area contributed by atoms with E-state index < -0.39 is 0 Å². The Labute approximate surface area is 89.4 Å². The first-order valence-electron chi connectivity index (χ1n) is 4.94. The maximum absolute atomic E-state index is 12.9. The first-order chi connectivity index (χ1) is 7.13. The van der Waals surface area contributed by atoms with E-state index in [0.29, 0.717) is 18.0 Å². The average Bonchev–Trinajstić information content (AvgIpc) is 2.20. The van der Waals surface area contributed by atoms with Crippen LogP contribution < -0.4 is 11.1 Å². The number of nitrogen functional groups attached to an aromatic ring is 1. The van der Waals surface area contributed by atoms with Crippen LogP contribution in [0.4, 0.5) is 15.8 Å². The van der Waals surface area contributed by atoms with Gasteiger partial charge in [0.05, 0.1) is 11.4 Å². The van der Waals surface area contributed by atoms with Crippen molar-refractivity contribution in [3.8, 4) is 0 Å². The monoisotopic (exact) mass is 212 g/mol. The third-order valence-electron chi connectivity index (χ3n) is 2.17. The minimum atomic E-state index is -0.286. The van der Waals surface area contributed by atoms with E-state index in [-0.39, 0.29) is 11.9 Å². The Kier molecular flexibility index (Phi) is 4.37. The number of hydrogen-bond acceptors (Lipinski definition) is 3. The number of hydrogen-bond donors (Lipinski definition) is 2. The fourth-order valence-corrected chi connectivity index (χ4v) is 1.29. The van der Waals surface area contributed by atoms with E-state index >= 15 is 0 Å². The van der Waals surface area contributed by atoms with Gasteiger partial charge in [-0.2, -0.15) is 0 Å². The molecule has 15 heavy (non-hydrogen) atoms. The summed E-state index contributed by atoms with van der Waals surface area (Å²) in [5.74, 6) is -0.286. The van der Waals surface area contributed by atoms with Crippen LogP contribution in [-0.2, 0) is 4.74 Å². The summed E-state index contributed by atoms with van der Waals surface area (Å²) in [4.78, 5) is 0. The van der Waals surface area contributed by atoms with E-state index in [0.717, 1.165) is 6.42 Å². The first kappa shape index (κ1) is 11.8. The number of anilines is 2. The first-order valence-corrected chi connectivity index (χ1v) is 4.94. The van der Waals surface area contributed by atoms with Crippen LogP contribution in [0.2, 0.25) is 0 Å². The fourth-order valence-electron chi connectivity index (χ4n) is 1.29. The van der Waals surface area contributed by atoms with Crippen molar-refractivity contribution in [3.63, 3.8) is 0 Å². The summed E-state index contributed by atoms with van der Waals surface area (Å²) in [5, 5.41) is 3.14. The molecule has 0 aliphatic carbocycles. The molecule has 1 aromatic carbocycles. The van der Waals surface area contributed by atoms with Crippen LogP contribution in [0, 0.1) is 5.82 Å². The number of methoxy groups -OCH3 is 1. The Balaban J connectivity index is 2.59. The van der Waals surface area contributed by atoms with Gasteiger partial charge in [-0.05, 0) is 31.5 Å². The van der Waals surface area contributed by atoms with Crippen molar-refractivity contribution in [1.29, 1.82) is 0 Å². The van der Waals surface area contributed by atoms with Gasteiger partial charge in [0.2, 0.25) is 0 Å². The number of nitrogens with one attached hydrogen (secondary N) is 1. The molecular weight excluding hydrogens is 195 g/mol. The molecule has 0 aliphatic heterocycles. The van der Waals surface area contributed by atoms with Gasteiger partial charge in [0, 0.05) is 19.8 Å². The minimum absolute atomic E-state index is 0.203. The molecule has 1 unspecified atom stereocenters. The molecule has 0 bridgehead atoms. The van der Waals surface area contributed by atoms with Crippen LogP contribution >= 0.6 is 0 Å². The molecule has 0 saturated heterocycles. The van der Waals surface area contributed by atoms with Crippen molar-refractivity contribution in [2.24, 2.45) is 0 Å². The molecule has 0 amide bonds. The Morgan fingerprint density at radius 1 is 1.53 bits per heavy atom. The third kappa shape index (κ3) is 3.75. The van der Waals surface area contributed by atoms with Crippen LogP contribution in [0.3, 0.4) is 0 Å². The topological polar surface area (TPSA) is 47.3 Å². The standard InChI is InChI=1S/C11H17FN2O/c1-8(5-6-15-2)14-11-7-9(12)3-4-10(11)13/h3-4,7-8,14H,5-6,13H2,1-2H3. The summed E-state index contributed by atoms with van der Waals surface area (Å²) >= 11 is 0. The zero-order valence-electron chi connectivity index (χ0n) is 9.09. The maximum Gasteiger partial charge on any atom is 0.125 e. The lowest BCUT2D eigenvalue weighted by Crippen LogP contribution is -2.18. The molecule has 4 heteroatoms. The van der Waals surface area contributed by atoms with E-state index in [4.69, 9.17) is 10.5 Å². The van der Waals surface area contributed by atoms with Gasteiger partial charge < -0.3 is 15.8 Å². The molecule has 0 aromatic heterocycles. The molecule has 0 aliphatic rings. The van der Waals surface area contributed by atoms with Crippen LogP contribution in [0.15, 0.2) is 18.2 Å². The van der Waals surface area contributed by atoms with Gasteiger partial charge in [-0.25, -0.2) is 4.39 Å². The molecule has 0 heterocycles. The summed E-state index contributed by atoms with van der Waals surface area (Å²) in [7, 11) is 1.66. The molecule has 84 valence electrons. The lowest BCUT2D eigenvalue weighted by Gasteiger charge is -2.16. The van der Waals surface area contributed by atoms with Gasteiger partial charge in [-0.15, -0.1) is 0 Å². The van der Waals surface area contributed by atoms with Crippen LogP contribution in [-0.4, -0.2) is 19.8 Å². The van der Waals surface area contributed by atoms with Gasteiger partial charge >= 0.3 is 0 Å². The summed E-state index contributed by atoms with van der Waals surface area (Å²) < 4.78 is 17.9. The molecule has 1 rings (SSSR count). The second-order valence-corrected chi connectivity index (χ2v) is 3.56. The largest absolute Gasteiger partial charge is 0.397 e. The summed E-state index contributed by atoms with van der Waals surface area (Å²) in [6.07, 6.45) is 0.854. The van der Waals surface area contributed by atoms with Gasteiger partial charge in [-0.3, -0.25) is 0 Å². The van der Waals surface area contributed by atoms with Crippen molar-refractivity contribution in [3.05, 3.63) is 24.0 Å². The maximum atomic E-state index is 12.9. The molecule has 3 nitrogen and oxygen atoms in total. The van der Waals surface area contributed by atoms with Gasteiger partial charge in [0.25, 0.3) is 0 Å². The molecule has 0 saturated carbocycles. The molecule has 1 atom stereocenters. The highest BCUT2D eigenvalue weighted by molar-refractivity contribution is 5.66. The predicted octanol–water partition coefficient (Wildman–Crippen LogP) is 2.24. The molecular formula is C11H17FN2O. The fraction of sp³-hybridized carbons (Fsp3) is 0.455. The Hall–Kier alpha value is -1.29. The van der Waals surface area contributed by atoms with Crippen molar-refractivity contribution in [2.45, 2.75) is 19.4 Å². The molecule has 1 aromatic rings. The molecule has 0 radical (unpaired) electrons. The summed E-state index contributed by atoms with van der Waals surface area (Å²) in [6, 6.07) is 4.51. The van der Waals surface area contributed by atoms with Crippen LogP contribution in [0.25, 0.3) is 0 Å². The van der Waals surface area contributed by atoms with E-state index in [1.165, 1.54) is 12.1 Å². The second-order valence-electron chi connectivity index (χ2n) is 3.56. The average molecular weight is 212 g/mol. The number of benzene rings is 1. The molecule has 0 spiro atoms. The molecule has 3 N–H and O–H groups in total. The number of nitrogens with two attached hydrogens (primary N) is 1. The number of halogens is 1. The van der Waals surface area contributed by atoms with Gasteiger partial charge in [-0.1, -0.05) is 0 Å². The van der Waals surface area contributed by atoms with Gasteiger partial charge in [0.1, 0.15) is 5.82 Å². The Morgan fingerprint density at radius 2 is 2.27 bits per heavy atom. The normalized spacial score (nSPS) is 12.5. The van der Waals surface area contributed by atoms with Gasteiger partial charge in [0.15, 0.2) is 0 Å². The van der Waals surface area contributed by atoms with Crippen molar-refractivity contribution >= 4 is 11.4 Å². The zero-order valence-corrected chi connectivity index (χ0v) is 9.09. The lowest BCUT2D eigenvalue weighted by molar-refractivity contribution is 0.191. The van der Waals surface area contributed by atoms with Crippen molar-refractivity contribution < 1.29 is 9.13 Å². The Morgan fingerprint density at radius 3 is 2.93 bits per heavy atom. The highest BCUT2D eigenvalue weighted by atomic mass is 19.1. The van der Waals surface area contributed by atoms with E-state index in [1.54, 1.807) is 13.2 Å². The number of ether oxygens (including phenoxy) is 1. The van der Waals surface area contributed by atoms with Crippen LogP contribution in [0.5, 0.6) is 0 Å². The quantitative estimate of drug-likeness (QED) is 0.736. The number of rotatable bonds is 5. The lowest BCUT2D eigenvalue weighted by atomic mass is 10.2. The van der Waals surface area contributed by atoms with Crippen molar-refractivity contribution in [1.82, 2.24) is 0 Å². The highest BCUT2D eigenvalue weighted by Crippen LogP contribution is 2.20. The minimum Gasteiger partial charge on any atom is -0.397 e. The van der Waals surface area contributed by atoms with E-state index in [2.05, 4.69) is 5.32 Å².